The Morgan fingerprint density at radius 3 is 2.53 bits per heavy atom. The lowest BCUT2D eigenvalue weighted by molar-refractivity contribution is -0.139. The first-order valence-electron chi connectivity index (χ1n) is 5.66. The van der Waals surface area contributed by atoms with Crippen molar-refractivity contribution < 1.29 is 19.1 Å². The molecule has 0 aliphatic carbocycles. The van der Waals surface area contributed by atoms with Gasteiger partial charge in [0.05, 0.1) is 12.1 Å². The van der Waals surface area contributed by atoms with Crippen molar-refractivity contribution in [3.8, 4) is 0 Å². The van der Waals surface area contributed by atoms with Gasteiger partial charge in [-0.05, 0) is 23.6 Å². The molecule has 1 rings (SSSR count). The number of carboxylic acid groups (broad SMARTS) is 1. The van der Waals surface area contributed by atoms with Gasteiger partial charge in [0.25, 0.3) is 0 Å². The Bertz CT molecular complexity index is 503. The molecule has 4 nitrogen and oxygen atoms in total. The standard InChI is InChI=1S/C13H15BrFNO3/c1-13(2,7-12(18)19)6-11(17)16-10-4-3-8(14)5-9(10)15/h3-5H,6-7H2,1-2H3,(H,16,17)(H,18,19). The number of carboxylic acids is 1. The average Bonchev–Trinajstić information content (AvgIpc) is 2.19. The highest BCUT2D eigenvalue weighted by molar-refractivity contribution is 9.10. The molecular weight excluding hydrogens is 317 g/mol. The van der Waals surface area contributed by atoms with Crippen molar-refractivity contribution in [2.45, 2.75) is 26.7 Å². The van der Waals surface area contributed by atoms with Crippen LogP contribution in [0.5, 0.6) is 0 Å². The van der Waals surface area contributed by atoms with Crippen LogP contribution in [0.25, 0.3) is 0 Å². The molecule has 0 saturated carbocycles. The van der Waals surface area contributed by atoms with E-state index in [0.29, 0.717) is 4.47 Å². The van der Waals surface area contributed by atoms with Crippen molar-refractivity contribution in [1.82, 2.24) is 0 Å². The summed E-state index contributed by atoms with van der Waals surface area (Å²) in [5.74, 6) is -1.92. The maximum atomic E-state index is 13.5. The third-order valence-corrected chi connectivity index (χ3v) is 2.97. The molecule has 0 aromatic heterocycles. The fourth-order valence-corrected chi connectivity index (χ4v) is 2.02. The summed E-state index contributed by atoms with van der Waals surface area (Å²) in [6, 6.07) is 4.31. The maximum Gasteiger partial charge on any atom is 0.303 e. The first kappa shape index (κ1) is 15.6. The fraction of sp³-hybridized carbons (Fsp3) is 0.385. The maximum absolute atomic E-state index is 13.5. The van der Waals surface area contributed by atoms with E-state index < -0.39 is 23.1 Å². The number of amides is 1. The average molecular weight is 332 g/mol. The van der Waals surface area contributed by atoms with Gasteiger partial charge in [-0.15, -0.1) is 0 Å². The number of benzene rings is 1. The monoisotopic (exact) mass is 331 g/mol. The Kier molecular flexibility index (Phi) is 5.05. The van der Waals surface area contributed by atoms with Crippen LogP contribution in [-0.4, -0.2) is 17.0 Å². The van der Waals surface area contributed by atoms with E-state index in [1.807, 2.05) is 0 Å². The molecule has 0 aliphatic heterocycles. The minimum atomic E-state index is -0.965. The van der Waals surface area contributed by atoms with Gasteiger partial charge >= 0.3 is 5.97 Å². The van der Waals surface area contributed by atoms with Crippen molar-refractivity contribution in [2.75, 3.05) is 5.32 Å². The number of hydrogen-bond acceptors (Lipinski definition) is 2. The quantitative estimate of drug-likeness (QED) is 0.868. The van der Waals surface area contributed by atoms with Crippen molar-refractivity contribution in [3.63, 3.8) is 0 Å². The van der Waals surface area contributed by atoms with Gasteiger partial charge in [-0.3, -0.25) is 9.59 Å². The van der Waals surface area contributed by atoms with E-state index in [2.05, 4.69) is 21.2 Å². The molecule has 0 radical (unpaired) electrons. The third-order valence-electron chi connectivity index (χ3n) is 2.47. The van der Waals surface area contributed by atoms with Gasteiger partial charge in [0, 0.05) is 10.9 Å². The van der Waals surface area contributed by atoms with Crippen molar-refractivity contribution >= 4 is 33.5 Å². The summed E-state index contributed by atoms with van der Waals surface area (Å²) in [5, 5.41) is 11.2. The number of carbonyl (C=O) groups is 2. The Morgan fingerprint density at radius 2 is 2.00 bits per heavy atom. The summed E-state index contributed by atoms with van der Waals surface area (Å²) in [4.78, 5) is 22.4. The van der Waals surface area contributed by atoms with Crippen LogP contribution in [0.4, 0.5) is 10.1 Å². The number of carbonyl (C=O) groups excluding carboxylic acids is 1. The van der Waals surface area contributed by atoms with Crippen LogP contribution in [0.3, 0.4) is 0 Å². The number of nitrogens with one attached hydrogen (secondary N) is 1. The zero-order valence-electron chi connectivity index (χ0n) is 10.7. The molecule has 6 heteroatoms. The van der Waals surface area contributed by atoms with Gasteiger partial charge in [-0.1, -0.05) is 29.8 Å². The number of anilines is 1. The number of aliphatic carboxylic acids is 1. The second kappa shape index (κ2) is 6.14. The molecule has 1 amide bonds. The van der Waals surface area contributed by atoms with Crippen molar-refractivity contribution in [1.29, 1.82) is 0 Å². The summed E-state index contributed by atoms with van der Waals surface area (Å²) in [5.41, 5.74) is -0.596. The third kappa shape index (κ3) is 5.38. The van der Waals surface area contributed by atoms with Crippen LogP contribution in [0.15, 0.2) is 22.7 Å². The molecule has 104 valence electrons. The lowest BCUT2D eigenvalue weighted by Gasteiger charge is -2.21. The largest absolute Gasteiger partial charge is 0.481 e. The molecule has 0 aliphatic rings. The van der Waals surface area contributed by atoms with E-state index in [-0.39, 0.29) is 18.5 Å². The molecule has 19 heavy (non-hydrogen) atoms. The number of hydrogen-bond donors (Lipinski definition) is 2. The van der Waals surface area contributed by atoms with E-state index in [9.17, 15) is 14.0 Å². The summed E-state index contributed by atoms with van der Waals surface area (Å²) in [6.07, 6.45) is -0.113. The Morgan fingerprint density at radius 1 is 1.37 bits per heavy atom. The van der Waals surface area contributed by atoms with Crippen molar-refractivity contribution in [2.24, 2.45) is 5.41 Å². The Hall–Kier alpha value is -1.43. The minimum absolute atomic E-state index is 0.00873. The molecule has 1 aromatic carbocycles. The zero-order chi connectivity index (χ0) is 14.6. The van der Waals surface area contributed by atoms with Crippen LogP contribution in [0.1, 0.15) is 26.7 Å². The minimum Gasteiger partial charge on any atom is -0.481 e. The molecule has 0 spiro atoms. The van der Waals surface area contributed by atoms with Gasteiger partial charge in [0.15, 0.2) is 0 Å². The highest BCUT2D eigenvalue weighted by Crippen LogP contribution is 2.26. The van der Waals surface area contributed by atoms with Gasteiger partial charge in [0.2, 0.25) is 5.91 Å². The van der Waals surface area contributed by atoms with E-state index in [1.165, 1.54) is 12.1 Å². The lowest BCUT2D eigenvalue weighted by Crippen LogP contribution is -2.25. The van der Waals surface area contributed by atoms with Crippen LogP contribution in [0.2, 0.25) is 0 Å². The molecule has 0 bridgehead atoms. The number of halogens is 2. The molecule has 0 unspecified atom stereocenters. The molecular formula is C13H15BrFNO3. The first-order chi connectivity index (χ1) is 8.69. The Labute approximate surface area is 119 Å². The van der Waals surface area contributed by atoms with Crippen LogP contribution in [0, 0.1) is 11.2 Å². The normalized spacial score (nSPS) is 11.2. The molecule has 1 aromatic rings. The predicted octanol–water partition coefficient (Wildman–Crippen LogP) is 3.42. The Balaban J connectivity index is 2.67. The van der Waals surface area contributed by atoms with Gasteiger partial charge in [0.1, 0.15) is 5.82 Å². The molecule has 0 saturated heterocycles. The molecule has 0 atom stereocenters. The smallest absolute Gasteiger partial charge is 0.303 e. The summed E-state index contributed by atoms with van der Waals surface area (Å²) in [7, 11) is 0. The SMILES string of the molecule is CC(C)(CC(=O)O)CC(=O)Nc1ccc(Br)cc1F. The van der Waals surface area contributed by atoms with Crippen molar-refractivity contribution in [3.05, 3.63) is 28.5 Å². The number of rotatable bonds is 5. The molecule has 2 N–H and O–H groups in total. The van der Waals surface area contributed by atoms with Gasteiger partial charge in [-0.2, -0.15) is 0 Å². The highest BCUT2D eigenvalue weighted by Gasteiger charge is 2.25. The first-order valence-corrected chi connectivity index (χ1v) is 6.46. The van der Waals surface area contributed by atoms with E-state index in [0.717, 1.165) is 0 Å². The predicted molar refractivity (Wildman–Crippen MR) is 73.4 cm³/mol. The van der Waals surface area contributed by atoms with Crippen LogP contribution in [-0.2, 0) is 9.59 Å². The fourth-order valence-electron chi connectivity index (χ4n) is 1.69. The molecule has 0 fully saturated rings. The van der Waals surface area contributed by atoms with E-state index >= 15 is 0 Å². The second-order valence-corrected chi connectivity index (χ2v) is 6.00. The van der Waals surface area contributed by atoms with Crippen LogP contribution < -0.4 is 5.32 Å². The lowest BCUT2D eigenvalue weighted by atomic mass is 9.85. The highest BCUT2D eigenvalue weighted by atomic mass is 79.9. The van der Waals surface area contributed by atoms with Crippen LogP contribution >= 0.6 is 15.9 Å². The van der Waals surface area contributed by atoms with Gasteiger partial charge < -0.3 is 10.4 Å². The summed E-state index contributed by atoms with van der Waals surface area (Å²) in [6.45, 7) is 3.36. The summed E-state index contributed by atoms with van der Waals surface area (Å²) < 4.78 is 14.1. The van der Waals surface area contributed by atoms with Gasteiger partial charge in [-0.25, -0.2) is 4.39 Å². The summed E-state index contributed by atoms with van der Waals surface area (Å²) >= 11 is 3.12. The zero-order valence-corrected chi connectivity index (χ0v) is 12.3. The second-order valence-electron chi connectivity index (χ2n) is 5.08. The van der Waals surface area contributed by atoms with E-state index in [1.54, 1.807) is 19.9 Å². The molecule has 0 heterocycles. The topological polar surface area (TPSA) is 66.4 Å². The van der Waals surface area contributed by atoms with E-state index in [4.69, 9.17) is 5.11 Å².